The summed E-state index contributed by atoms with van der Waals surface area (Å²) in [5.41, 5.74) is 7.38. The van der Waals surface area contributed by atoms with Crippen LogP contribution in [0.5, 0.6) is 0 Å². The van der Waals surface area contributed by atoms with E-state index in [4.69, 9.17) is 15.7 Å². The first-order chi connectivity index (χ1) is 9.15. The molecular formula is C13H20BrN3O2. The second-order valence-electron chi connectivity index (χ2n) is 3.90. The zero-order chi connectivity index (χ0) is 14.3. The first kappa shape index (κ1) is 15.8. The zero-order valence-corrected chi connectivity index (χ0v) is 12.9. The molecule has 0 bridgehead atoms. The number of nitrogens with two attached hydrogens (primary N) is 1. The van der Waals surface area contributed by atoms with Crippen LogP contribution in [-0.2, 0) is 4.74 Å². The van der Waals surface area contributed by atoms with Crippen LogP contribution in [0, 0.1) is 0 Å². The summed E-state index contributed by atoms with van der Waals surface area (Å²) in [7, 11) is 0. The molecule has 0 radical (unpaired) electrons. The smallest absolute Gasteiger partial charge is 0.173 e. The molecule has 0 amide bonds. The molecule has 0 saturated carbocycles. The van der Waals surface area contributed by atoms with Crippen LogP contribution in [0.15, 0.2) is 27.8 Å². The molecule has 106 valence electrons. The second-order valence-corrected chi connectivity index (χ2v) is 4.75. The number of likely N-dealkylation sites (N-methyl/N-ethyl adjacent to an activating group) is 1. The predicted octanol–water partition coefficient (Wildman–Crippen LogP) is 2.41. The zero-order valence-electron chi connectivity index (χ0n) is 11.3. The quantitative estimate of drug-likeness (QED) is 0.265. The number of anilines is 1. The topological polar surface area (TPSA) is 71.1 Å². The fraction of sp³-hybridized carbons (Fsp3) is 0.462. The van der Waals surface area contributed by atoms with E-state index in [1.54, 1.807) is 0 Å². The van der Waals surface area contributed by atoms with E-state index in [2.05, 4.69) is 32.9 Å². The highest BCUT2D eigenvalue weighted by molar-refractivity contribution is 9.10. The molecule has 19 heavy (non-hydrogen) atoms. The SMILES string of the molecule is CCOCCN(CC)c1cccc(Br)c1/C(N)=N/O. The van der Waals surface area contributed by atoms with Crippen molar-refractivity contribution in [3.8, 4) is 0 Å². The molecule has 6 heteroatoms. The third-order valence-corrected chi connectivity index (χ3v) is 3.45. The first-order valence-electron chi connectivity index (χ1n) is 6.24. The molecule has 0 aliphatic heterocycles. The number of amidine groups is 1. The standard InChI is InChI=1S/C13H20BrN3O2/c1-3-17(8-9-19-4-2)11-7-5-6-10(14)12(11)13(15)16-18/h5-7,18H,3-4,8-9H2,1-2H3,(H2,15,16). The molecule has 1 aromatic rings. The number of hydrogen-bond donors (Lipinski definition) is 2. The van der Waals surface area contributed by atoms with Gasteiger partial charge < -0.3 is 20.6 Å². The Bertz CT molecular complexity index is 438. The average Bonchev–Trinajstić information content (AvgIpc) is 2.43. The van der Waals surface area contributed by atoms with Gasteiger partial charge in [-0.3, -0.25) is 0 Å². The average molecular weight is 330 g/mol. The monoisotopic (exact) mass is 329 g/mol. The van der Waals surface area contributed by atoms with Crippen molar-refractivity contribution in [3.63, 3.8) is 0 Å². The van der Waals surface area contributed by atoms with Gasteiger partial charge in [0.25, 0.3) is 0 Å². The van der Waals surface area contributed by atoms with E-state index in [9.17, 15) is 0 Å². The van der Waals surface area contributed by atoms with Crippen molar-refractivity contribution >= 4 is 27.5 Å². The third-order valence-electron chi connectivity index (χ3n) is 2.79. The molecule has 0 atom stereocenters. The Morgan fingerprint density at radius 3 is 2.79 bits per heavy atom. The van der Waals surface area contributed by atoms with E-state index in [1.165, 1.54) is 0 Å². The van der Waals surface area contributed by atoms with Crippen LogP contribution in [0.25, 0.3) is 0 Å². The Balaban J connectivity index is 3.06. The van der Waals surface area contributed by atoms with Crippen molar-refractivity contribution < 1.29 is 9.94 Å². The minimum absolute atomic E-state index is 0.0948. The molecule has 0 spiro atoms. The summed E-state index contributed by atoms with van der Waals surface area (Å²) < 4.78 is 6.18. The van der Waals surface area contributed by atoms with Gasteiger partial charge in [0.05, 0.1) is 12.2 Å². The normalized spacial score (nSPS) is 11.6. The van der Waals surface area contributed by atoms with E-state index in [1.807, 2.05) is 25.1 Å². The summed E-state index contributed by atoms with van der Waals surface area (Å²) in [6.07, 6.45) is 0. The lowest BCUT2D eigenvalue weighted by Crippen LogP contribution is -2.30. The van der Waals surface area contributed by atoms with Crippen LogP contribution in [0.3, 0.4) is 0 Å². The molecule has 3 N–H and O–H groups in total. The van der Waals surface area contributed by atoms with Crippen molar-refractivity contribution in [2.75, 3.05) is 31.2 Å². The van der Waals surface area contributed by atoms with Gasteiger partial charge in [0.2, 0.25) is 0 Å². The molecule has 0 aromatic heterocycles. The Morgan fingerprint density at radius 1 is 1.47 bits per heavy atom. The molecule has 5 nitrogen and oxygen atoms in total. The minimum atomic E-state index is 0.0948. The molecule has 0 aliphatic rings. The van der Waals surface area contributed by atoms with Crippen LogP contribution in [-0.4, -0.2) is 37.3 Å². The summed E-state index contributed by atoms with van der Waals surface area (Å²) >= 11 is 3.44. The number of hydrogen-bond acceptors (Lipinski definition) is 4. The van der Waals surface area contributed by atoms with Gasteiger partial charge in [-0.25, -0.2) is 0 Å². The third kappa shape index (κ3) is 4.11. The molecular weight excluding hydrogens is 310 g/mol. The Kier molecular flexibility index (Phi) is 6.66. The van der Waals surface area contributed by atoms with Crippen molar-refractivity contribution in [2.24, 2.45) is 10.9 Å². The highest BCUT2D eigenvalue weighted by atomic mass is 79.9. The second kappa shape index (κ2) is 8.01. The first-order valence-corrected chi connectivity index (χ1v) is 7.04. The van der Waals surface area contributed by atoms with Crippen molar-refractivity contribution in [1.82, 2.24) is 0 Å². The van der Waals surface area contributed by atoms with E-state index in [0.29, 0.717) is 18.8 Å². The Labute approximate surface area is 122 Å². The van der Waals surface area contributed by atoms with Crippen LogP contribution >= 0.6 is 15.9 Å². The van der Waals surface area contributed by atoms with Crippen molar-refractivity contribution in [2.45, 2.75) is 13.8 Å². The highest BCUT2D eigenvalue weighted by Gasteiger charge is 2.15. The lowest BCUT2D eigenvalue weighted by molar-refractivity contribution is 0.154. The van der Waals surface area contributed by atoms with Gasteiger partial charge in [0.15, 0.2) is 5.84 Å². The Morgan fingerprint density at radius 2 is 2.21 bits per heavy atom. The maximum absolute atomic E-state index is 8.90. The van der Waals surface area contributed by atoms with Crippen molar-refractivity contribution in [1.29, 1.82) is 0 Å². The lowest BCUT2D eigenvalue weighted by atomic mass is 10.1. The van der Waals surface area contributed by atoms with E-state index in [-0.39, 0.29) is 5.84 Å². The van der Waals surface area contributed by atoms with E-state index < -0.39 is 0 Å². The summed E-state index contributed by atoms with van der Waals surface area (Å²) in [6.45, 7) is 6.94. The van der Waals surface area contributed by atoms with E-state index >= 15 is 0 Å². The molecule has 0 fully saturated rings. The summed E-state index contributed by atoms with van der Waals surface area (Å²) in [4.78, 5) is 2.13. The summed E-state index contributed by atoms with van der Waals surface area (Å²) in [5, 5.41) is 12.0. The Hall–Kier alpha value is -1.27. The van der Waals surface area contributed by atoms with Gasteiger partial charge in [-0.15, -0.1) is 0 Å². The number of benzene rings is 1. The van der Waals surface area contributed by atoms with Gasteiger partial charge in [0, 0.05) is 29.9 Å². The number of nitrogens with zero attached hydrogens (tertiary/aromatic N) is 2. The maximum Gasteiger partial charge on any atom is 0.173 e. The van der Waals surface area contributed by atoms with Gasteiger partial charge in [-0.2, -0.15) is 0 Å². The fourth-order valence-electron chi connectivity index (χ4n) is 1.85. The lowest BCUT2D eigenvalue weighted by Gasteiger charge is -2.25. The van der Waals surface area contributed by atoms with Gasteiger partial charge >= 0.3 is 0 Å². The van der Waals surface area contributed by atoms with Gasteiger partial charge in [-0.05, 0) is 41.9 Å². The summed E-state index contributed by atoms with van der Waals surface area (Å²) in [6, 6.07) is 5.75. The van der Waals surface area contributed by atoms with Gasteiger partial charge in [-0.1, -0.05) is 11.2 Å². The predicted molar refractivity (Wildman–Crippen MR) is 81.0 cm³/mol. The van der Waals surface area contributed by atoms with Gasteiger partial charge in [0.1, 0.15) is 0 Å². The van der Waals surface area contributed by atoms with Crippen LogP contribution in [0.1, 0.15) is 19.4 Å². The number of oxime groups is 1. The number of ether oxygens (including phenoxy) is 1. The fourth-order valence-corrected chi connectivity index (χ4v) is 2.41. The molecule has 0 aliphatic carbocycles. The van der Waals surface area contributed by atoms with Crippen LogP contribution < -0.4 is 10.6 Å². The number of halogens is 1. The molecule has 1 rings (SSSR count). The molecule has 1 aromatic carbocycles. The highest BCUT2D eigenvalue weighted by Crippen LogP contribution is 2.27. The largest absolute Gasteiger partial charge is 0.409 e. The van der Waals surface area contributed by atoms with E-state index in [0.717, 1.165) is 23.2 Å². The molecule has 0 saturated heterocycles. The maximum atomic E-state index is 8.90. The van der Waals surface area contributed by atoms with Crippen LogP contribution in [0.4, 0.5) is 5.69 Å². The van der Waals surface area contributed by atoms with Crippen LogP contribution in [0.2, 0.25) is 0 Å². The minimum Gasteiger partial charge on any atom is -0.409 e. The summed E-state index contributed by atoms with van der Waals surface area (Å²) in [5.74, 6) is 0.0948. The number of rotatable bonds is 7. The molecule has 0 heterocycles. The molecule has 0 unspecified atom stereocenters. The van der Waals surface area contributed by atoms with Crippen molar-refractivity contribution in [3.05, 3.63) is 28.2 Å².